The first-order valence-corrected chi connectivity index (χ1v) is 6.25. The minimum atomic E-state index is -5.68. The molecule has 0 spiro atoms. The molecule has 8 heteroatoms. The SMILES string of the molecule is O=S(=O)(OF)C(F)(F)CC1(F)CCCCC1. The van der Waals surface area contributed by atoms with E-state index in [1.807, 2.05) is 0 Å². The fraction of sp³-hybridized carbons (Fsp3) is 1.00. The van der Waals surface area contributed by atoms with Crippen LogP contribution in [0.5, 0.6) is 0 Å². The standard InChI is InChI=1S/C8H12F4O3S/c9-7(4-2-1-3-5-7)6-8(10,11)16(13,14)15-12/h1-6H2. The van der Waals surface area contributed by atoms with E-state index in [9.17, 15) is 26.1 Å². The van der Waals surface area contributed by atoms with Crippen LogP contribution in [0, 0.1) is 0 Å². The average molecular weight is 264 g/mol. The van der Waals surface area contributed by atoms with E-state index in [0.29, 0.717) is 12.8 Å². The highest BCUT2D eigenvalue weighted by molar-refractivity contribution is 7.87. The van der Waals surface area contributed by atoms with Gasteiger partial charge in [0, 0.05) is 0 Å². The van der Waals surface area contributed by atoms with E-state index in [1.54, 1.807) is 0 Å². The Labute approximate surface area is 90.8 Å². The van der Waals surface area contributed by atoms with E-state index in [-0.39, 0.29) is 12.8 Å². The summed E-state index contributed by atoms with van der Waals surface area (Å²) in [6, 6.07) is 0. The van der Waals surface area contributed by atoms with Gasteiger partial charge in [0.05, 0.1) is 6.42 Å². The van der Waals surface area contributed by atoms with E-state index in [4.69, 9.17) is 0 Å². The van der Waals surface area contributed by atoms with Crippen molar-refractivity contribution in [2.24, 2.45) is 0 Å². The van der Waals surface area contributed by atoms with Crippen molar-refractivity contribution in [2.45, 2.75) is 49.4 Å². The van der Waals surface area contributed by atoms with Crippen LogP contribution in [0.15, 0.2) is 0 Å². The molecule has 16 heavy (non-hydrogen) atoms. The first-order chi connectivity index (χ1) is 7.22. The van der Waals surface area contributed by atoms with Gasteiger partial charge in [-0.05, 0) is 17.4 Å². The van der Waals surface area contributed by atoms with Crippen LogP contribution < -0.4 is 0 Å². The molecular weight excluding hydrogens is 252 g/mol. The maximum atomic E-state index is 13.8. The van der Waals surface area contributed by atoms with Gasteiger partial charge in [-0.25, -0.2) is 4.39 Å². The summed E-state index contributed by atoms with van der Waals surface area (Å²) in [6.45, 7) is 0. The maximum Gasteiger partial charge on any atom is 0.375 e. The van der Waals surface area contributed by atoms with Crippen LogP contribution in [0.25, 0.3) is 0 Å². The lowest BCUT2D eigenvalue weighted by Gasteiger charge is -2.31. The van der Waals surface area contributed by atoms with Crippen molar-refractivity contribution in [3.8, 4) is 0 Å². The highest BCUT2D eigenvalue weighted by Crippen LogP contribution is 2.42. The van der Waals surface area contributed by atoms with E-state index >= 15 is 0 Å². The summed E-state index contributed by atoms with van der Waals surface area (Å²) in [5, 5.41) is -4.53. The first kappa shape index (κ1) is 13.7. The molecule has 1 rings (SSSR count). The molecule has 0 radical (unpaired) electrons. The monoisotopic (exact) mass is 264 g/mol. The minimum Gasteiger partial charge on any atom is -0.244 e. The van der Waals surface area contributed by atoms with E-state index in [0.717, 1.165) is 6.42 Å². The predicted octanol–water partition coefficient (Wildman–Crippen LogP) is 2.87. The van der Waals surface area contributed by atoms with Gasteiger partial charge < -0.3 is 0 Å². The molecule has 0 N–H and O–H groups in total. The fourth-order valence-electron chi connectivity index (χ4n) is 1.87. The van der Waals surface area contributed by atoms with Crippen molar-refractivity contribution >= 4 is 10.1 Å². The van der Waals surface area contributed by atoms with Crippen LogP contribution in [0.4, 0.5) is 17.7 Å². The van der Waals surface area contributed by atoms with Gasteiger partial charge in [0.15, 0.2) is 0 Å². The fourth-order valence-corrected chi connectivity index (χ4v) is 2.39. The zero-order valence-corrected chi connectivity index (χ0v) is 9.20. The second-order valence-electron chi connectivity index (χ2n) is 4.04. The summed E-state index contributed by atoms with van der Waals surface area (Å²) >= 11 is 0. The predicted molar refractivity (Wildman–Crippen MR) is 47.6 cm³/mol. The van der Waals surface area contributed by atoms with E-state index in [1.165, 1.54) is 0 Å². The molecule has 0 unspecified atom stereocenters. The second kappa shape index (κ2) is 4.48. The molecule has 3 nitrogen and oxygen atoms in total. The van der Waals surface area contributed by atoms with Crippen molar-refractivity contribution in [1.82, 2.24) is 0 Å². The van der Waals surface area contributed by atoms with Crippen molar-refractivity contribution in [3.05, 3.63) is 0 Å². The molecule has 0 aromatic heterocycles. The summed E-state index contributed by atoms with van der Waals surface area (Å²) in [6.07, 6.45) is -0.253. The van der Waals surface area contributed by atoms with Crippen LogP contribution in [-0.4, -0.2) is 19.3 Å². The Bertz CT molecular complexity index is 335. The molecule has 1 saturated carbocycles. The van der Waals surface area contributed by atoms with Crippen LogP contribution in [0.3, 0.4) is 0 Å². The van der Waals surface area contributed by atoms with Gasteiger partial charge in [-0.3, -0.25) is 0 Å². The number of alkyl halides is 3. The molecule has 1 fully saturated rings. The smallest absolute Gasteiger partial charge is 0.244 e. The van der Waals surface area contributed by atoms with Gasteiger partial charge in [0.2, 0.25) is 0 Å². The molecule has 1 aliphatic rings. The lowest BCUT2D eigenvalue weighted by molar-refractivity contribution is -0.0526. The minimum absolute atomic E-state index is 0.135. The van der Waals surface area contributed by atoms with Gasteiger partial charge in [0.25, 0.3) is 0 Å². The Morgan fingerprint density at radius 2 is 1.69 bits per heavy atom. The molecule has 0 amide bonds. The molecule has 0 heterocycles. The third-order valence-corrected chi connectivity index (χ3v) is 3.76. The quantitative estimate of drug-likeness (QED) is 0.733. The topological polar surface area (TPSA) is 43.4 Å². The number of rotatable bonds is 4. The summed E-state index contributed by atoms with van der Waals surface area (Å²) in [5.74, 6) is 0. The molecule has 0 saturated heterocycles. The Morgan fingerprint density at radius 1 is 1.19 bits per heavy atom. The zero-order valence-electron chi connectivity index (χ0n) is 8.39. The Morgan fingerprint density at radius 3 is 2.12 bits per heavy atom. The molecular formula is C8H12F4O3S. The number of hydrogen-bond acceptors (Lipinski definition) is 3. The van der Waals surface area contributed by atoms with E-state index < -0.39 is 27.5 Å². The highest BCUT2D eigenvalue weighted by atomic mass is 32.2. The summed E-state index contributed by atoms with van der Waals surface area (Å²) in [4.78, 5) is 0. The molecule has 96 valence electrons. The number of halogens is 4. The summed E-state index contributed by atoms with van der Waals surface area (Å²) in [5.41, 5.74) is -2.26. The lowest BCUT2D eigenvalue weighted by Crippen LogP contribution is -2.39. The Kier molecular flexibility index (Phi) is 3.83. The van der Waals surface area contributed by atoms with Crippen molar-refractivity contribution in [2.75, 3.05) is 0 Å². The van der Waals surface area contributed by atoms with Crippen molar-refractivity contribution < 1.29 is 30.5 Å². The molecule has 0 atom stereocenters. The van der Waals surface area contributed by atoms with Gasteiger partial charge in [-0.15, -0.1) is 0 Å². The van der Waals surface area contributed by atoms with Gasteiger partial charge in [-0.1, -0.05) is 23.7 Å². The van der Waals surface area contributed by atoms with E-state index in [2.05, 4.69) is 4.39 Å². The van der Waals surface area contributed by atoms with Crippen molar-refractivity contribution in [1.29, 1.82) is 0 Å². The molecule has 1 aliphatic carbocycles. The largest absolute Gasteiger partial charge is 0.375 e. The molecule has 0 bridgehead atoms. The average Bonchev–Trinajstić information content (AvgIpc) is 2.17. The second-order valence-corrected chi connectivity index (χ2v) is 5.67. The maximum absolute atomic E-state index is 13.8. The first-order valence-electron chi connectivity index (χ1n) is 4.84. The van der Waals surface area contributed by atoms with Crippen LogP contribution in [0.2, 0.25) is 0 Å². The van der Waals surface area contributed by atoms with Gasteiger partial charge in [0.1, 0.15) is 5.67 Å². The van der Waals surface area contributed by atoms with Crippen LogP contribution >= 0.6 is 0 Å². The van der Waals surface area contributed by atoms with Crippen LogP contribution in [-0.2, 0) is 14.5 Å². The lowest BCUT2D eigenvalue weighted by atomic mass is 9.84. The Hall–Kier alpha value is -0.370. The molecule has 0 aromatic carbocycles. The zero-order chi connectivity index (χ0) is 12.4. The molecule has 0 aromatic rings. The summed E-state index contributed by atoms with van der Waals surface area (Å²) < 4.78 is 74.6. The van der Waals surface area contributed by atoms with Crippen LogP contribution in [0.1, 0.15) is 38.5 Å². The third-order valence-electron chi connectivity index (χ3n) is 2.72. The summed E-state index contributed by atoms with van der Waals surface area (Å²) in [7, 11) is -5.68. The molecule has 0 aliphatic heterocycles. The normalized spacial score (nSPS) is 22.0. The highest BCUT2D eigenvalue weighted by Gasteiger charge is 2.53. The Balaban J connectivity index is 2.79. The van der Waals surface area contributed by atoms with Gasteiger partial charge >= 0.3 is 15.4 Å². The van der Waals surface area contributed by atoms with Crippen molar-refractivity contribution in [3.63, 3.8) is 0 Å². The third kappa shape index (κ3) is 2.85. The van der Waals surface area contributed by atoms with Gasteiger partial charge in [-0.2, -0.15) is 17.2 Å². The number of hydrogen-bond donors (Lipinski definition) is 0.